The number of nitrogens with one attached hydrogen (secondary N) is 1. The van der Waals surface area contributed by atoms with Gasteiger partial charge in [-0.2, -0.15) is 13.2 Å². The van der Waals surface area contributed by atoms with Crippen LogP contribution in [0.5, 0.6) is 10.9 Å². The maximum atomic E-state index is 13.0. The Morgan fingerprint density at radius 2 is 1.73 bits per heavy atom. The van der Waals surface area contributed by atoms with Gasteiger partial charge in [0.2, 0.25) is 5.91 Å². The molecule has 1 unspecified atom stereocenters. The van der Waals surface area contributed by atoms with Crippen LogP contribution in [0, 0.1) is 0 Å². The number of sulfone groups is 1. The van der Waals surface area contributed by atoms with Gasteiger partial charge in [0.25, 0.3) is 11.1 Å². The first-order valence-electron chi connectivity index (χ1n) is 13.9. The predicted molar refractivity (Wildman–Crippen MR) is 162 cm³/mol. The lowest BCUT2D eigenvalue weighted by Gasteiger charge is -2.17. The molecule has 1 aromatic heterocycles. The van der Waals surface area contributed by atoms with Crippen LogP contribution in [0.25, 0.3) is 11.3 Å². The summed E-state index contributed by atoms with van der Waals surface area (Å²) in [5.41, 5.74) is 0.983. The van der Waals surface area contributed by atoms with Gasteiger partial charge in [0, 0.05) is 24.1 Å². The third-order valence-electron chi connectivity index (χ3n) is 7.23. The van der Waals surface area contributed by atoms with Crippen molar-refractivity contribution in [1.82, 2.24) is 10.3 Å². The lowest BCUT2D eigenvalue weighted by Crippen LogP contribution is -2.30. The van der Waals surface area contributed by atoms with Crippen LogP contribution in [0.15, 0.2) is 77.7 Å². The van der Waals surface area contributed by atoms with Gasteiger partial charge in [-0.1, -0.05) is 42.5 Å². The highest BCUT2D eigenvalue weighted by molar-refractivity contribution is 7.91. The van der Waals surface area contributed by atoms with Gasteiger partial charge in [0.1, 0.15) is 16.4 Å². The number of halogens is 3. The van der Waals surface area contributed by atoms with E-state index < -0.39 is 40.1 Å². The van der Waals surface area contributed by atoms with Gasteiger partial charge < -0.3 is 20.1 Å². The zero-order valence-electron chi connectivity index (χ0n) is 23.9. The number of hydrogen-bond donors (Lipinski definition) is 2. The molecule has 1 aliphatic rings. The van der Waals surface area contributed by atoms with Gasteiger partial charge in [0.15, 0.2) is 9.84 Å². The minimum atomic E-state index is -4.48. The standard InChI is InChI=1S/C31H28F3N3O6S2/c1-2-45(41,42)24-15-9-19(10-16-24)25(18-38)35-28(40)21-7-5-20(6-8-21)27-29(37-17-3-4-26(37)39)44-30(36-27)43-23-13-11-22(12-14-23)31(32,33)34/h5-16,25,38H,2-4,17-18H2,1H3,(H,35,40). The summed E-state index contributed by atoms with van der Waals surface area (Å²) in [6.45, 7) is 1.60. The van der Waals surface area contributed by atoms with E-state index in [9.17, 15) is 36.3 Å². The molecule has 0 aliphatic carbocycles. The van der Waals surface area contributed by atoms with Crippen LogP contribution in [-0.2, 0) is 20.8 Å². The zero-order valence-corrected chi connectivity index (χ0v) is 25.5. The fraction of sp³-hybridized carbons (Fsp3) is 0.258. The molecule has 2 heterocycles. The lowest BCUT2D eigenvalue weighted by molar-refractivity contribution is -0.137. The molecule has 2 N–H and O–H groups in total. The first-order chi connectivity index (χ1) is 21.4. The molecule has 14 heteroatoms. The van der Waals surface area contributed by atoms with E-state index in [0.29, 0.717) is 41.2 Å². The first-order valence-corrected chi connectivity index (χ1v) is 16.4. The predicted octanol–water partition coefficient (Wildman–Crippen LogP) is 6.01. The number of ether oxygens (including phenoxy) is 1. The Kier molecular flexibility index (Phi) is 9.28. The number of benzene rings is 3. The SMILES string of the molecule is CCS(=O)(=O)c1ccc(C(CO)NC(=O)c2ccc(-c3nc(Oc4ccc(C(F)(F)F)cc4)sc3N3CCCC3=O)cc2)cc1. The number of alkyl halides is 3. The first kappa shape index (κ1) is 32.1. The minimum absolute atomic E-state index is 0.0489. The van der Waals surface area contributed by atoms with E-state index in [4.69, 9.17) is 4.74 Å². The Morgan fingerprint density at radius 1 is 1.07 bits per heavy atom. The molecular weight excluding hydrogens is 631 g/mol. The van der Waals surface area contributed by atoms with Crippen LogP contribution < -0.4 is 15.0 Å². The molecule has 1 saturated heterocycles. The van der Waals surface area contributed by atoms with Crippen molar-refractivity contribution in [1.29, 1.82) is 0 Å². The topological polar surface area (TPSA) is 126 Å². The monoisotopic (exact) mass is 659 g/mol. The lowest BCUT2D eigenvalue weighted by atomic mass is 10.1. The van der Waals surface area contributed by atoms with Crippen LogP contribution in [0.4, 0.5) is 18.2 Å². The smallest absolute Gasteiger partial charge is 0.416 e. The third kappa shape index (κ3) is 7.18. The summed E-state index contributed by atoms with van der Waals surface area (Å²) < 4.78 is 68.8. The van der Waals surface area contributed by atoms with Crippen LogP contribution in [0.1, 0.15) is 47.3 Å². The van der Waals surface area contributed by atoms with E-state index in [2.05, 4.69) is 10.3 Å². The molecule has 1 fully saturated rings. The van der Waals surface area contributed by atoms with Crippen molar-refractivity contribution < 1.29 is 41.0 Å². The van der Waals surface area contributed by atoms with Gasteiger partial charge in [0.05, 0.1) is 28.9 Å². The Balaban J connectivity index is 1.35. The highest BCUT2D eigenvalue weighted by Gasteiger charge is 2.31. The normalized spacial score (nSPS) is 14.4. The molecule has 5 rings (SSSR count). The van der Waals surface area contributed by atoms with E-state index in [0.717, 1.165) is 23.5 Å². The molecule has 2 amide bonds. The van der Waals surface area contributed by atoms with Crippen molar-refractivity contribution in [2.45, 2.75) is 36.9 Å². The van der Waals surface area contributed by atoms with Crippen LogP contribution >= 0.6 is 11.3 Å². The average Bonchev–Trinajstić information content (AvgIpc) is 3.65. The van der Waals surface area contributed by atoms with Crippen molar-refractivity contribution in [3.05, 3.63) is 89.5 Å². The van der Waals surface area contributed by atoms with Crippen molar-refractivity contribution in [2.75, 3.05) is 23.8 Å². The van der Waals surface area contributed by atoms with E-state index in [1.807, 2.05) is 0 Å². The maximum absolute atomic E-state index is 13.0. The van der Waals surface area contributed by atoms with E-state index in [1.54, 1.807) is 48.2 Å². The molecule has 3 aromatic carbocycles. The molecule has 0 spiro atoms. The van der Waals surface area contributed by atoms with Crippen molar-refractivity contribution in [3.8, 4) is 22.2 Å². The minimum Gasteiger partial charge on any atom is -0.431 e. The summed E-state index contributed by atoms with van der Waals surface area (Å²) in [5, 5.41) is 13.3. The largest absolute Gasteiger partial charge is 0.431 e. The molecule has 45 heavy (non-hydrogen) atoms. The molecule has 236 valence electrons. The number of rotatable bonds is 10. The molecule has 1 atom stereocenters. The number of anilines is 1. The van der Waals surface area contributed by atoms with E-state index >= 15 is 0 Å². The Bertz CT molecular complexity index is 1790. The maximum Gasteiger partial charge on any atom is 0.416 e. The fourth-order valence-corrected chi connectivity index (χ4v) is 6.60. The Morgan fingerprint density at radius 3 is 2.29 bits per heavy atom. The number of nitrogens with zero attached hydrogens (tertiary/aromatic N) is 2. The Labute approximate surface area is 261 Å². The van der Waals surface area contributed by atoms with Crippen LogP contribution in [-0.4, -0.2) is 49.2 Å². The van der Waals surface area contributed by atoms with Crippen LogP contribution in [0.2, 0.25) is 0 Å². The number of carbonyl (C=O) groups is 2. The fourth-order valence-electron chi connectivity index (χ4n) is 4.71. The number of aromatic nitrogens is 1. The Hall–Kier alpha value is -4.27. The summed E-state index contributed by atoms with van der Waals surface area (Å²) in [6, 6.07) is 15.8. The summed E-state index contributed by atoms with van der Waals surface area (Å²) in [4.78, 5) is 31.9. The number of carbonyl (C=O) groups excluding carboxylic acids is 2. The number of aliphatic hydroxyl groups is 1. The van der Waals surface area contributed by atoms with Gasteiger partial charge in [-0.15, -0.1) is 0 Å². The summed E-state index contributed by atoms with van der Waals surface area (Å²) in [5.74, 6) is -0.473. The second kappa shape index (κ2) is 13.0. The second-order valence-electron chi connectivity index (χ2n) is 10.2. The zero-order chi connectivity index (χ0) is 32.4. The van der Waals surface area contributed by atoms with Gasteiger partial charge in [-0.05, 0) is 60.5 Å². The van der Waals surface area contributed by atoms with E-state index in [-0.39, 0.29) is 33.1 Å². The van der Waals surface area contributed by atoms with Crippen molar-refractivity contribution in [2.24, 2.45) is 0 Å². The number of thiazole rings is 1. The van der Waals surface area contributed by atoms with Gasteiger partial charge >= 0.3 is 6.18 Å². The third-order valence-corrected chi connectivity index (χ3v) is 9.93. The molecule has 9 nitrogen and oxygen atoms in total. The van der Waals surface area contributed by atoms with Gasteiger partial charge in [-0.25, -0.2) is 13.4 Å². The van der Waals surface area contributed by atoms with Crippen LogP contribution in [0.3, 0.4) is 0 Å². The second-order valence-corrected chi connectivity index (χ2v) is 13.4. The quantitative estimate of drug-likeness (QED) is 0.214. The molecule has 0 radical (unpaired) electrons. The highest BCUT2D eigenvalue weighted by atomic mass is 32.2. The molecule has 0 saturated carbocycles. The molecular formula is C31H28F3N3O6S2. The average molecular weight is 660 g/mol. The number of hydrogen-bond acceptors (Lipinski definition) is 8. The summed E-state index contributed by atoms with van der Waals surface area (Å²) in [6.07, 6.45) is -3.45. The number of amides is 2. The van der Waals surface area contributed by atoms with E-state index in [1.165, 1.54) is 24.3 Å². The highest BCUT2D eigenvalue weighted by Crippen LogP contribution is 2.43. The van der Waals surface area contributed by atoms with Crippen molar-refractivity contribution in [3.63, 3.8) is 0 Å². The molecule has 1 aliphatic heterocycles. The summed E-state index contributed by atoms with van der Waals surface area (Å²) >= 11 is 1.09. The number of aliphatic hydroxyl groups excluding tert-OH is 1. The molecule has 4 aromatic rings. The summed E-state index contributed by atoms with van der Waals surface area (Å²) in [7, 11) is -3.39. The van der Waals surface area contributed by atoms with Crippen molar-refractivity contribution >= 4 is 38.0 Å². The molecule has 0 bridgehead atoms. The van der Waals surface area contributed by atoms with Gasteiger partial charge in [-0.3, -0.25) is 9.59 Å².